The van der Waals surface area contributed by atoms with Crippen LogP contribution < -0.4 is 0 Å². The minimum absolute atomic E-state index is 0.946. The molecule has 96 valence electrons. The maximum atomic E-state index is 4.40. The number of fused-ring (bicyclic) bond motifs is 3. The number of aryl methyl sites for hydroxylation is 1. The predicted octanol–water partition coefficient (Wildman–Crippen LogP) is 3.74. The molecule has 2 heterocycles. The molecule has 0 aliphatic carbocycles. The first-order chi connectivity index (χ1) is 9.84. The number of aromatic nitrogens is 3. The van der Waals surface area contributed by atoms with Gasteiger partial charge >= 0.3 is 0 Å². The summed E-state index contributed by atoms with van der Waals surface area (Å²) in [5, 5.41) is 9.94. The molecule has 20 heavy (non-hydrogen) atoms. The number of nitrogens with zero attached hydrogens (tertiary/aromatic N) is 3. The van der Waals surface area contributed by atoms with Gasteiger partial charge in [0.25, 0.3) is 0 Å². The van der Waals surface area contributed by atoms with Crippen LogP contribution in [-0.4, -0.2) is 14.8 Å². The second-order valence-electron chi connectivity index (χ2n) is 4.93. The molecule has 0 N–H and O–H groups in total. The van der Waals surface area contributed by atoms with Crippen molar-refractivity contribution < 1.29 is 0 Å². The molecule has 0 atom stereocenters. The molecule has 2 aromatic rings. The van der Waals surface area contributed by atoms with Gasteiger partial charge in [-0.05, 0) is 6.07 Å². The minimum Gasteiger partial charge on any atom is -0.350 e. The lowest BCUT2D eigenvalue weighted by molar-refractivity contribution is 0.954. The number of pyridine rings is 1. The van der Waals surface area contributed by atoms with Gasteiger partial charge in [-0.25, -0.2) is 0 Å². The van der Waals surface area contributed by atoms with Gasteiger partial charge in [0.2, 0.25) is 0 Å². The van der Waals surface area contributed by atoms with E-state index < -0.39 is 0 Å². The third-order valence-electron chi connectivity index (χ3n) is 3.67. The minimum atomic E-state index is 0.946. The molecule has 0 spiro atoms. The third-order valence-corrected chi connectivity index (χ3v) is 3.67. The highest BCUT2D eigenvalue weighted by Gasteiger charge is 2.18. The molecule has 0 fully saturated rings. The van der Waals surface area contributed by atoms with E-state index in [9.17, 15) is 0 Å². The highest BCUT2D eigenvalue weighted by Crippen LogP contribution is 2.35. The van der Waals surface area contributed by atoms with Crippen molar-refractivity contribution in [2.75, 3.05) is 0 Å². The van der Waals surface area contributed by atoms with Crippen molar-refractivity contribution in [3.05, 3.63) is 60.8 Å². The van der Waals surface area contributed by atoms with E-state index in [0.717, 1.165) is 27.9 Å². The molecule has 3 nitrogen and oxygen atoms in total. The van der Waals surface area contributed by atoms with Crippen LogP contribution in [0, 0.1) is 0 Å². The van der Waals surface area contributed by atoms with E-state index >= 15 is 0 Å². The SMILES string of the molecule is Cn1cc2c(-c3ccccc3)nnc-2c2ccccc21. The fourth-order valence-electron chi connectivity index (χ4n) is 2.70. The van der Waals surface area contributed by atoms with Crippen molar-refractivity contribution in [3.8, 4) is 22.5 Å². The highest BCUT2D eigenvalue weighted by atomic mass is 15.1. The monoisotopic (exact) mass is 259 g/mol. The molecule has 0 saturated carbocycles. The third kappa shape index (κ3) is 1.53. The zero-order chi connectivity index (χ0) is 13.5. The number of hydrogen-bond donors (Lipinski definition) is 0. The molecular weight excluding hydrogens is 246 g/mol. The van der Waals surface area contributed by atoms with Crippen LogP contribution in [0.2, 0.25) is 0 Å². The number of para-hydroxylation sites is 1. The molecule has 2 aliphatic heterocycles. The van der Waals surface area contributed by atoms with Crippen LogP contribution in [0.3, 0.4) is 0 Å². The molecule has 0 radical (unpaired) electrons. The smallest absolute Gasteiger partial charge is 0.106 e. The van der Waals surface area contributed by atoms with Crippen molar-refractivity contribution in [1.82, 2.24) is 14.8 Å². The molecule has 4 rings (SSSR count). The van der Waals surface area contributed by atoms with E-state index in [1.165, 1.54) is 5.52 Å². The van der Waals surface area contributed by atoms with E-state index in [4.69, 9.17) is 0 Å². The van der Waals surface area contributed by atoms with E-state index in [0.29, 0.717) is 0 Å². The molecule has 2 aromatic carbocycles. The lowest BCUT2D eigenvalue weighted by Crippen LogP contribution is -1.96. The summed E-state index contributed by atoms with van der Waals surface area (Å²) in [5.74, 6) is 0. The summed E-state index contributed by atoms with van der Waals surface area (Å²) in [6.45, 7) is 0. The van der Waals surface area contributed by atoms with Crippen molar-refractivity contribution >= 4 is 10.9 Å². The van der Waals surface area contributed by atoms with Gasteiger partial charge in [0.1, 0.15) is 11.4 Å². The van der Waals surface area contributed by atoms with Crippen molar-refractivity contribution in [2.45, 2.75) is 0 Å². The summed E-state index contributed by atoms with van der Waals surface area (Å²) in [5.41, 5.74) is 5.28. The Balaban J connectivity index is 2.06. The number of hydrogen-bond acceptors (Lipinski definition) is 2. The predicted molar refractivity (Wildman–Crippen MR) is 80.6 cm³/mol. The van der Waals surface area contributed by atoms with Crippen molar-refractivity contribution in [1.29, 1.82) is 0 Å². The summed E-state index contributed by atoms with van der Waals surface area (Å²) in [6.07, 6.45) is 2.11. The van der Waals surface area contributed by atoms with Crippen molar-refractivity contribution in [3.63, 3.8) is 0 Å². The summed E-state index contributed by atoms with van der Waals surface area (Å²) < 4.78 is 2.13. The van der Waals surface area contributed by atoms with Crippen LogP contribution in [-0.2, 0) is 7.05 Å². The van der Waals surface area contributed by atoms with E-state index in [1.54, 1.807) is 0 Å². The van der Waals surface area contributed by atoms with Crippen LogP contribution in [0.5, 0.6) is 0 Å². The fourth-order valence-corrected chi connectivity index (χ4v) is 2.70. The van der Waals surface area contributed by atoms with Gasteiger partial charge in [0.15, 0.2) is 0 Å². The molecule has 3 heteroatoms. The maximum absolute atomic E-state index is 4.40. The summed E-state index contributed by atoms with van der Waals surface area (Å²) in [6, 6.07) is 18.5. The average Bonchev–Trinajstić information content (AvgIpc) is 2.92. The lowest BCUT2D eigenvalue weighted by Gasteiger charge is -2.10. The molecule has 0 bridgehead atoms. The Morgan fingerprint density at radius 1 is 0.800 bits per heavy atom. The first-order valence-electron chi connectivity index (χ1n) is 6.60. The van der Waals surface area contributed by atoms with Crippen LogP contribution in [0.15, 0.2) is 60.8 Å². The highest BCUT2D eigenvalue weighted by molar-refractivity contribution is 5.97. The van der Waals surface area contributed by atoms with Gasteiger partial charge in [-0.3, -0.25) is 0 Å². The Morgan fingerprint density at radius 2 is 1.50 bits per heavy atom. The Kier molecular flexibility index (Phi) is 2.33. The molecule has 0 aromatic heterocycles. The summed E-state index contributed by atoms with van der Waals surface area (Å²) in [4.78, 5) is 0. The van der Waals surface area contributed by atoms with Gasteiger partial charge in [-0.2, -0.15) is 0 Å². The molecule has 0 unspecified atom stereocenters. The van der Waals surface area contributed by atoms with E-state index in [1.807, 2.05) is 30.3 Å². The zero-order valence-electron chi connectivity index (χ0n) is 11.1. The normalized spacial score (nSPS) is 11.2. The van der Waals surface area contributed by atoms with Gasteiger partial charge in [-0.1, -0.05) is 48.5 Å². The molecule has 0 saturated heterocycles. The largest absolute Gasteiger partial charge is 0.350 e. The first kappa shape index (κ1) is 11.2. The van der Waals surface area contributed by atoms with E-state index in [2.05, 4.69) is 52.3 Å². The van der Waals surface area contributed by atoms with Gasteiger partial charge in [-0.15, -0.1) is 10.2 Å². The topological polar surface area (TPSA) is 30.7 Å². The van der Waals surface area contributed by atoms with Gasteiger partial charge < -0.3 is 4.57 Å². The summed E-state index contributed by atoms with van der Waals surface area (Å²) in [7, 11) is 2.06. The van der Waals surface area contributed by atoms with Crippen molar-refractivity contribution in [2.24, 2.45) is 7.05 Å². The Bertz CT molecular complexity index is 862. The van der Waals surface area contributed by atoms with E-state index in [-0.39, 0.29) is 0 Å². The van der Waals surface area contributed by atoms with Crippen LogP contribution in [0.4, 0.5) is 0 Å². The van der Waals surface area contributed by atoms with Crippen LogP contribution in [0.1, 0.15) is 0 Å². The summed E-state index contributed by atoms with van der Waals surface area (Å²) >= 11 is 0. The Morgan fingerprint density at radius 3 is 2.35 bits per heavy atom. The zero-order valence-corrected chi connectivity index (χ0v) is 11.1. The molecule has 2 aliphatic rings. The first-order valence-corrected chi connectivity index (χ1v) is 6.60. The lowest BCUT2D eigenvalue weighted by atomic mass is 10.0. The average molecular weight is 259 g/mol. The second kappa shape index (κ2) is 4.17. The number of rotatable bonds is 1. The van der Waals surface area contributed by atoms with Crippen LogP contribution in [0.25, 0.3) is 33.4 Å². The Hall–Kier alpha value is -2.68. The molecule has 0 amide bonds. The second-order valence-corrected chi connectivity index (χ2v) is 4.93. The maximum Gasteiger partial charge on any atom is 0.106 e. The van der Waals surface area contributed by atoms with Gasteiger partial charge in [0, 0.05) is 35.3 Å². The quantitative estimate of drug-likeness (QED) is 0.521. The Labute approximate surface area is 116 Å². The fraction of sp³-hybridized carbons (Fsp3) is 0.0588. The standard InChI is InChI=1S/C17H13N3/c1-20-11-14-16(12-7-3-2-4-8-12)18-19-17(14)13-9-5-6-10-15(13)20/h2-11H,1H3. The van der Waals surface area contributed by atoms with Crippen LogP contribution >= 0.6 is 0 Å². The number of benzene rings is 2. The molecular formula is C17H13N3. The van der Waals surface area contributed by atoms with Gasteiger partial charge in [0.05, 0.1) is 0 Å².